The second-order valence-corrected chi connectivity index (χ2v) is 5.00. The van der Waals surface area contributed by atoms with E-state index >= 15 is 0 Å². The molecular formula is C12H18N2O. The van der Waals surface area contributed by atoms with Gasteiger partial charge in [0, 0.05) is 11.8 Å². The van der Waals surface area contributed by atoms with Crippen LogP contribution in [-0.4, -0.2) is 10.1 Å². The molecule has 1 aromatic heterocycles. The van der Waals surface area contributed by atoms with Gasteiger partial charge in [-0.2, -0.15) is 0 Å². The molecule has 3 N–H and O–H groups in total. The van der Waals surface area contributed by atoms with Gasteiger partial charge in [-0.05, 0) is 39.2 Å². The highest BCUT2D eigenvalue weighted by Crippen LogP contribution is 2.37. The van der Waals surface area contributed by atoms with Crippen LogP contribution in [0.1, 0.15) is 44.4 Å². The zero-order chi connectivity index (χ0) is 11.1. The molecule has 0 amide bonds. The standard InChI is InChI=1S/C12H18N2O/c1-11(2,15)9-4-5-10(14-8-9)12(13)6-3-7-12/h4-5,8,15H,3,6-7,13H2,1-2H3. The van der Waals surface area contributed by atoms with E-state index in [1.54, 1.807) is 20.0 Å². The Morgan fingerprint density at radius 2 is 2.07 bits per heavy atom. The average Bonchev–Trinajstić information content (AvgIpc) is 2.13. The van der Waals surface area contributed by atoms with Gasteiger partial charge in [0.25, 0.3) is 0 Å². The Morgan fingerprint density at radius 1 is 1.40 bits per heavy atom. The van der Waals surface area contributed by atoms with Crippen molar-refractivity contribution in [3.63, 3.8) is 0 Å². The molecule has 2 rings (SSSR count). The lowest BCUT2D eigenvalue weighted by Crippen LogP contribution is -2.44. The fraction of sp³-hybridized carbons (Fsp3) is 0.583. The lowest BCUT2D eigenvalue weighted by atomic mass is 9.75. The van der Waals surface area contributed by atoms with Crippen molar-refractivity contribution in [3.8, 4) is 0 Å². The average molecular weight is 206 g/mol. The molecule has 0 aliphatic heterocycles. The first-order valence-corrected chi connectivity index (χ1v) is 5.40. The van der Waals surface area contributed by atoms with Crippen molar-refractivity contribution in [2.24, 2.45) is 5.73 Å². The summed E-state index contributed by atoms with van der Waals surface area (Å²) < 4.78 is 0. The van der Waals surface area contributed by atoms with Crippen molar-refractivity contribution >= 4 is 0 Å². The van der Waals surface area contributed by atoms with Crippen molar-refractivity contribution in [1.29, 1.82) is 0 Å². The van der Waals surface area contributed by atoms with Crippen LogP contribution in [0.2, 0.25) is 0 Å². The van der Waals surface area contributed by atoms with Gasteiger partial charge in [0.2, 0.25) is 0 Å². The number of rotatable bonds is 2. The highest BCUT2D eigenvalue weighted by Gasteiger charge is 2.35. The Kier molecular flexibility index (Phi) is 2.32. The lowest BCUT2D eigenvalue weighted by molar-refractivity contribution is 0.0780. The summed E-state index contributed by atoms with van der Waals surface area (Å²) >= 11 is 0. The van der Waals surface area contributed by atoms with Crippen molar-refractivity contribution in [1.82, 2.24) is 4.98 Å². The number of aromatic nitrogens is 1. The van der Waals surface area contributed by atoms with E-state index in [1.807, 2.05) is 12.1 Å². The zero-order valence-electron chi connectivity index (χ0n) is 9.33. The van der Waals surface area contributed by atoms with E-state index in [-0.39, 0.29) is 5.54 Å². The van der Waals surface area contributed by atoms with Crippen LogP contribution in [0.25, 0.3) is 0 Å². The van der Waals surface area contributed by atoms with Gasteiger partial charge in [-0.25, -0.2) is 0 Å². The van der Waals surface area contributed by atoms with Gasteiger partial charge < -0.3 is 10.8 Å². The molecule has 0 bridgehead atoms. The van der Waals surface area contributed by atoms with E-state index < -0.39 is 5.60 Å². The summed E-state index contributed by atoms with van der Waals surface area (Å²) in [6.07, 6.45) is 4.94. The summed E-state index contributed by atoms with van der Waals surface area (Å²) in [7, 11) is 0. The Labute approximate surface area is 90.3 Å². The van der Waals surface area contributed by atoms with E-state index in [0.29, 0.717) is 0 Å². The quantitative estimate of drug-likeness (QED) is 0.773. The topological polar surface area (TPSA) is 59.1 Å². The van der Waals surface area contributed by atoms with Crippen LogP contribution in [0.3, 0.4) is 0 Å². The monoisotopic (exact) mass is 206 g/mol. The fourth-order valence-electron chi connectivity index (χ4n) is 1.86. The van der Waals surface area contributed by atoms with Crippen LogP contribution in [0.15, 0.2) is 18.3 Å². The van der Waals surface area contributed by atoms with Gasteiger partial charge in [-0.3, -0.25) is 4.98 Å². The van der Waals surface area contributed by atoms with E-state index in [1.165, 1.54) is 6.42 Å². The molecule has 1 heterocycles. The molecule has 1 aliphatic rings. The minimum Gasteiger partial charge on any atom is -0.386 e. The zero-order valence-corrected chi connectivity index (χ0v) is 9.33. The maximum absolute atomic E-state index is 9.78. The van der Waals surface area contributed by atoms with Crippen molar-refractivity contribution in [2.45, 2.75) is 44.2 Å². The first-order valence-electron chi connectivity index (χ1n) is 5.40. The number of nitrogens with two attached hydrogens (primary N) is 1. The molecule has 1 saturated carbocycles. The molecule has 1 aromatic rings. The van der Waals surface area contributed by atoms with E-state index in [2.05, 4.69) is 4.98 Å². The van der Waals surface area contributed by atoms with Crippen LogP contribution >= 0.6 is 0 Å². The maximum atomic E-state index is 9.78. The minimum atomic E-state index is -0.826. The van der Waals surface area contributed by atoms with E-state index in [9.17, 15) is 5.11 Å². The second-order valence-electron chi connectivity index (χ2n) is 5.00. The summed E-state index contributed by atoms with van der Waals surface area (Å²) in [5.74, 6) is 0. The van der Waals surface area contributed by atoms with Gasteiger partial charge in [0.15, 0.2) is 0 Å². The summed E-state index contributed by atoms with van der Waals surface area (Å²) in [6.45, 7) is 3.51. The highest BCUT2D eigenvalue weighted by molar-refractivity contribution is 5.24. The van der Waals surface area contributed by atoms with Gasteiger partial charge in [0.1, 0.15) is 0 Å². The highest BCUT2D eigenvalue weighted by atomic mass is 16.3. The first kappa shape index (κ1) is 10.6. The number of pyridine rings is 1. The molecule has 3 nitrogen and oxygen atoms in total. The molecular weight excluding hydrogens is 188 g/mol. The third-order valence-electron chi connectivity index (χ3n) is 3.23. The molecule has 15 heavy (non-hydrogen) atoms. The largest absolute Gasteiger partial charge is 0.386 e. The number of hydrogen-bond donors (Lipinski definition) is 2. The van der Waals surface area contributed by atoms with E-state index in [0.717, 1.165) is 24.1 Å². The van der Waals surface area contributed by atoms with Crippen molar-refractivity contribution in [2.75, 3.05) is 0 Å². The number of nitrogens with zero attached hydrogens (tertiary/aromatic N) is 1. The Morgan fingerprint density at radius 3 is 2.40 bits per heavy atom. The molecule has 0 atom stereocenters. The summed E-state index contributed by atoms with van der Waals surface area (Å²) in [4.78, 5) is 4.35. The summed E-state index contributed by atoms with van der Waals surface area (Å²) in [5, 5.41) is 9.78. The third kappa shape index (κ3) is 1.90. The van der Waals surface area contributed by atoms with Crippen LogP contribution in [0, 0.1) is 0 Å². The van der Waals surface area contributed by atoms with Gasteiger partial charge in [0.05, 0.1) is 16.8 Å². The van der Waals surface area contributed by atoms with Gasteiger partial charge in [-0.15, -0.1) is 0 Å². The minimum absolute atomic E-state index is 0.210. The second kappa shape index (κ2) is 3.29. The summed E-state index contributed by atoms with van der Waals surface area (Å²) in [6, 6.07) is 3.85. The number of hydrogen-bond acceptors (Lipinski definition) is 3. The lowest BCUT2D eigenvalue weighted by Gasteiger charge is -2.37. The van der Waals surface area contributed by atoms with Crippen molar-refractivity contribution in [3.05, 3.63) is 29.6 Å². The fourth-order valence-corrected chi connectivity index (χ4v) is 1.86. The van der Waals surface area contributed by atoms with Crippen molar-refractivity contribution < 1.29 is 5.11 Å². The Bertz CT molecular complexity index is 347. The molecule has 3 heteroatoms. The van der Waals surface area contributed by atoms with Crippen LogP contribution in [0.5, 0.6) is 0 Å². The Hall–Kier alpha value is -0.930. The molecule has 0 aromatic carbocycles. The molecule has 0 unspecified atom stereocenters. The van der Waals surface area contributed by atoms with Crippen LogP contribution in [-0.2, 0) is 11.1 Å². The van der Waals surface area contributed by atoms with Crippen LogP contribution < -0.4 is 5.73 Å². The smallest absolute Gasteiger partial charge is 0.0855 e. The third-order valence-corrected chi connectivity index (χ3v) is 3.23. The van der Waals surface area contributed by atoms with E-state index in [4.69, 9.17) is 5.73 Å². The van der Waals surface area contributed by atoms with Gasteiger partial charge >= 0.3 is 0 Å². The molecule has 0 saturated heterocycles. The molecule has 1 aliphatic carbocycles. The SMILES string of the molecule is CC(C)(O)c1ccc(C2(N)CCC2)nc1. The molecule has 82 valence electrons. The predicted octanol–water partition coefficient (Wildman–Crippen LogP) is 1.65. The molecule has 1 fully saturated rings. The maximum Gasteiger partial charge on any atom is 0.0855 e. The summed E-state index contributed by atoms with van der Waals surface area (Å²) in [5.41, 5.74) is 6.90. The normalized spacial score (nSPS) is 19.7. The first-order chi connectivity index (χ1) is 6.92. The molecule has 0 spiro atoms. The Balaban J connectivity index is 2.24. The molecule has 0 radical (unpaired) electrons. The number of aliphatic hydroxyl groups is 1. The van der Waals surface area contributed by atoms with Gasteiger partial charge in [-0.1, -0.05) is 6.07 Å². The predicted molar refractivity (Wildman–Crippen MR) is 59.2 cm³/mol. The van der Waals surface area contributed by atoms with Crippen LogP contribution in [0.4, 0.5) is 0 Å².